The van der Waals surface area contributed by atoms with Gasteiger partial charge in [0.05, 0.1) is 28.8 Å². The molecule has 4 rings (SSSR count). The third-order valence-electron chi connectivity index (χ3n) is 7.34. The molecule has 1 unspecified atom stereocenters. The van der Waals surface area contributed by atoms with Crippen molar-refractivity contribution in [3.63, 3.8) is 0 Å². The van der Waals surface area contributed by atoms with E-state index in [1.165, 1.54) is 18.2 Å². The maximum absolute atomic E-state index is 13.7. The van der Waals surface area contributed by atoms with Crippen LogP contribution in [0.5, 0.6) is 0 Å². The Labute approximate surface area is 232 Å². The van der Waals surface area contributed by atoms with Crippen molar-refractivity contribution in [3.05, 3.63) is 59.9 Å². The van der Waals surface area contributed by atoms with Crippen LogP contribution < -0.4 is 11.1 Å². The first-order chi connectivity index (χ1) is 18.7. The maximum Gasteiger partial charge on any atom is 0.407 e. The molecule has 2 fully saturated rings. The Morgan fingerprint density at radius 2 is 2.00 bits per heavy atom. The Bertz CT molecular complexity index is 1110. The van der Waals surface area contributed by atoms with Crippen molar-refractivity contribution in [2.24, 2.45) is 5.92 Å². The number of alkyl carbamates (subject to hydrolysis) is 1. The number of halogens is 1. The van der Waals surface area contributed by atoms with E-state index < -0.39 is 35.0 Å². The average molecular weight is 563 g/mol. The predicted molar refractivity (Wildman–Crippen MR) is 148 cm³/mol. The molecule has 1 saturated carbocycles. The topological polar surface area (TPSA) is 117 Å². The average Bonchev–Trinajstić information content (AvgIpc) is 3.49. The number of likely N-dealkylation sites (N-methyl/N-ethyl adjacent to an activating group) is 1. The number of fused-ring (bicyclic) bond motifs is 1. The van der Waals surface area contributed by atoms with Crippen LogP contribution in [0, 0.1) is 11.7 Å². The molecule has 0 bridgehead atoms. The normalized spacial score (nSPS) is 23.0. The van der Waals surface area contributed by atoms with Gasteiger partial charge in [-0.2, -0.15) is 0 Å². The first kappa shape index (κ1) is 29.4. The minimum atomic E-state index is -1.72. The van der Waals surface area contributed by atoms with Crippen molar-refractivity contribution in [3.8, 4) is 0 Å². The molecule has 2 aromatic carbocycles. The number of nitrogens with one attached hydrogen (secondary N) is 1. The van der Waals surface area contributed by atoms with Crippen molar-refractivity contribution in [1.82, 2.24) is 14.5 Å². The highest BCUT2D eigenvalue weighted by atomic mass is 32.2. The number of hydrogen-bond donors (Lipinski definition) is 3. The highest BCUT2D eigenvalue weighted by Crippen LogP contribution is 2.37. The summed E-state index contributed by atoms with van der Waals surface area (Å²) in [6.07, 6.45) is 1.07. The molecule has 1 heterocycles. The van der Waals surface area contributed by atoms with Crippen molar-refractivity contribution in [2.45, 2.75) is 54.9 Å². The molecule has 1 saturated heterocycles. The van der Waals surface area contributed by atoms with Crippen molar-refractivity contribution >= 4 is 22.8 Å². The number of ether oxygens (including phenoxy) is 2. The highest BCUT2D eigenvalue weighted by Gasteiger charge is 2.40. The quantitative estimate of drug-likeness (QED) is 0.341. The van der Waals surface area contributed by atoms with Crippen LogP contribution in [-0.2, 0) is 26.9 Å². The number of nitrogens with two attached hydrogens (primary N) is 1. The molecule has 0 radical (unpaired) electrons. The van der Waals surface area contributed by atoms with Gasteiger partial charge in [0.2, 0.25) is 0 Å². The Balaban J connectivity index is 1.46. The van der Waals surface area contributed by atoms with Crippen LogP contribution in [0.1, 0.15) is 24.8 Å². The number of hydrogen-bond acceptors (Lipinski definition) is 7. The van der Waals surface area contributed by atoms with E-state index in [2.05, 4.69) is 5.32 Å². The summed E-state index contributed by atoms with van der Waals surface area (Å²) in [4.78, 5) is 15.2. The molecule has 214 valence electrons. The van der Waals surface area contributed by atoms with Crippen LogP contribution in [0.15, 0.2) is 53.4 Å². The van der Waals surface area contributed by atoms with Gasteiger partial charge < -0.3 is 30.5 Å². The monoisotopic (exact) mass is 562 g/mol. The first-order valence-electron chi connectivity index (χ1n) is 13.4. The SMILES string of the molecule is CN(C)CCN(C[C@@H](O)[C@H](Cc1ccccc1)NC(=O)O[C@@H]1C[C@@H]2CCO[C@@H]2C1)S(=O)c1ccc(F)c(N)c1. The molecule has 1 amide bonds. The Morgan fingerprint density at radius 1 is 1.23 bits per heavy atom. The van der Waals surface area contributed by atoms with E-state index in [1.54, 1.807) is 4.31 Å². The first-order valence-corrected chi connectivity index (χ1v) is 14.5. The molecule has 11 heteroatoms. The van der Waals surface area contributed by atoms with E-state index in [-0.39, 0.29) is 24.4 Å². The number of aliphatic hydroxyl groups is 1. The van der Waals surface area contributed by atoms with Gasteiger partial charge >= 0.3 is 6.09 Å². The van der Waals surface area contributed by atoms with Crippen molar-refractivity contribution in [1.29, 1.82) is 0 Å². The summed E-state index contributed by atoms with van der Waals surface area (Å²) in [7, 11) is 2.07. The molecule has 0 spiro atoms. The Morgan fingerprint density at radius 3 is 2.69 bits per heavy atom. The fourth-order valence-corrected chi connectivity index (χ4v) is 6.41. The zero-order chi connectivity index (χ0) is 27.9. The van der Waals surface area contributed by atoms with Crippen LogP contribution in [0.2, 0.25) is 0 Å². The zero-order valence-corrected chi connectivity index (χ0v) is 23.3. The second-order valence-electron chi connectivity index (χ2n) is 10.6. The van der Waals surface area contributed by atoms with E-state index in [0.717, 1.165) is 25.0 Å². The van der Waals surface area contributed by atoms with Crippen molar-refractivity contribution in [2.75, 3.05) is 46.1 Å². The number of nitrogen functional groups attached to an aromatic ring is 1. The third kappa shape index (κ3) is 8.21. The molecular formula is C28H39FN4O5S. The zero-order valence-electron chi connectivity index (χ0n) is 22.5. The smallest absolute Gasteiger partial charge is 0.407 e. The van der Waals surface area contributed by atoms with Gasteiger partial charge in [0.25, 0.3) is 0 Å². The van der Waals surface area contributed by atoms with Crippen LogP contribution in [0.3, 0.4) is 0 Å². The van der Waals surface area contributed by atoms with Gasteiger partial charge in [-0.25, -0.2) is 17.7 Å². The lowest BCUT2D eigenvalue weighted by molar-refractivity contribution is 0.0558. The largest absolute Gasteiger partial charge is 0.446 e. The molecule has 39 heavy (non-hydrogen) atoms. The van der Waals surface area contributed by atoms with Gasteiger partial charge in [-0.1, -0.05) is 30.3 Å². The van der Waals surface area contributed by atoms with Crippen molar-refractivity contribution < 1.29 is 28.0 Å². The summed E-state index contributed by atoms with van der Waals surface area (Å²) in [5.74, 6) is -0.159. The molecule has 0 aromatic heterocycles. The third-order valence-corrected chi connectivity index (χ3v) is 8.80. The van der Waals surface area contributed by atoms with E-state index in [0.29, 0.717) is 36.7 Å². The number of aliphatic hydroxyl groups excluding tert-OH is 1. The van der Waals surface area contributed by atoms with Gasteiger partial charge in [-0.05, 0) is 63.0 Å². The minimum Gasteiger partial charge on any atom is -0.446 e. The van der Waals surface area contributed by atoms with E-state index in [9.17, 15) is 18.5 Å². The fraction of sp³-hybridized carbons (Fsp3) is 0.536. The molecular weight excluding hydrogens is 523 g/mol. The van der Waals surface area contributed by atoms with Gasteiger partial charge in [0.15, 0.2) is 0 Å². The highest BCUT2D eigenvalue weighted by molar-refractivity contribution is 7.82. The lowest BCUT2D eigenvalue weighted by Gasteiger charge is -2.30. The number of carbonyl (C=O) groups excluding carboxylic acids is 1. The summed E-state index contributed by atoms with van der Waals surface area (Å²) in [5, 5.41) is 14.2. The fourth-order valence-electron chi connectivity index (χ4n) is 5.17. The maximum atomic E-state index is 13.7. The molecule has 1 aliphatic heterocycles. The number of anilines is 1. The lowest BCUT2D eigenvalue weighted by Crippen LogP contribution is -2.51. The second kappa shape index (κ2) is 13.7. The number of nitrogens with zero attached hydrogens (tertiary/aromatic N) is 2. The van der Waals surface area contributed by atoms with Crippen LogP contribution >= 0.6 is 0 Å². The Hall–Kier alpha value is -2.57. The van der Waals surface area contributed by atoms with Crippen LogP contribution in [-0.4, -0.2) is 89.3 Å². The van der Waals surface area contributed by atoms with Gasteiger partial charge in [0.1, 0.15) is 22.9 Å². The van der Waals surface area contributed by atoms with Gasteiger partial charge in [-0.15, -0.1) is 0 Å². The summed E-state index contributed by atoms with van der Waals surface area (Å²) < 4.78 is 40.3. The summed E-state index contributed by atoms with van der Waals surface area (Å²) >= 11 is 0. The Kier molecular flexibility index (Phi) is 10.3. The van der Waals surface area contributed by atoms with E-state index >= 15 is 0 Å². The number of rotatable bonds is 12. The molecule has 9 nitrogen and oxygen atoms in total. The molecule has 2 aliphatic rings. The lowest BCUT2D eigenvalue weighted by atomic mass is 10.0. The van der Waals surface area contributed by atoms with Crippen LogP contribution in [0.25, 0.3) is 0 Å². The van der Waals surface area contributed by atoms with E-state index in [1.807, 2.05) is 49.3 Å². The van der Waals surface area contributed by atoms with Gasteiger partial charge in [-0.3, -0.25) is 0 Å². The second-order valence-corrected chi connectivity index (χ2v) is 12.1. The minimum absolute atomic E-state index is 0.00305. The summed E-state index contributed by atoms with van der Waals surface area (Å²) in [6.45, 7) is 1.69. The standard InChI is InChI=1S/C28H39FN4O5S/c1-32(2)11-12-33(39(36)22-8-9-23(29)24(30)17-22)18-26(34)25(14-19-6-4-3-5-7-19)31-28(35)38-21-15-20-10-13-37-27(20)16-21/h3-9,17,20-21,25-27,34H,10-16,18,30H2,1-2H3,(H,31,35)/t20-,21+,25-,26+,27+,39?/m0/s1. The van der Waals surface area contributed by atoms with Gasteiger partial charge in [0, 0.05) is 32.7 Å². The molecule has 2 aromatic rings. The summed E-state index contributed by atoms with van der Waals surface area (Å²) in [5.41, 5.74) is 6.55. The number of benzene rings is 2. The van der Waals surface area contributed by atoms with E-state index in [4.69, 9.17) is 15.2 Å². The number of carbonyl (C=O) groups is 1. The summed E-state index contributed by atoms with van der Waals surface area (Å²) in [6, 6.07) is 12.8. The number of amides is 1. The molecule has 1 aliphatic carbocycles. The van der Waals surface area contributed by atoms with Crippen LogP contribution in [0.4, 0.5) is 14.9 Å². The predicted octanol–water partition coefficient (Wildman–Crippen LogP) is 2.56. The molecule has 4 N–H and O–H groups in total. The molecule has 6 atom stereocenters.